The van der Waals surface area contributed by atoms with Crippen LogP contribution in [0.25, 0.3) is 0 Å². The van der Waals surface area contributed by atoms with Crippen molar-refractivity contribution in [3.63, 3.8) is 0 Å². The first-order valence-corrected chi connectivity index (χ1v) is 11.5. The van der Waals surface area contributed by atoms with Gasteiger partial charge in [-0.3, -0.25) is 5.32 Å². The van der Waals surface area contributed by atoms with Gasteiger partial charge in [0.1, 0.15) is 17.2 Å². The Morgan fingerprint density at radius 1 is 1.03 bits per heavy atom. The third kappa shape index (κ3) is 7.40. The molecule has 190 valence electrons. The summed E-state index contributed by atoms with van der Waals surface area (Å²) in [5.74, 6) is 0.384. The number of amides is 1. The van der Waals surface area contributed by atoms with Crippen LogP contribution in [0.15, 0.2) is 78.0 Å². The minimum atomic E-state index is -0.626. The Morgan fingerprint density at radius 3 is 2.51 bits per heavy atom. The number of tetrazole rings is 1. The van der Waals surface area contributed by atoms with Crippen LogP contribution in [-0.2, 0) is 22.7 Å². The number of aromatic nitrogens is 5. The first-order valence-electron chi connectivity index (χ1n) is 11.5. The highest BCUT2D eigenvalue weighted by Gasteiger charge is 2.18. The lowest BCUT2D eigenvalue weighted by molar-refractivity contribution is 0.0635. The number of carbonyl (C=O) groups is 1. The molecule has 0 fully saturated rings. The van der Waals surface area contributed by atoms with Crippen molar-refractivity contribution in [2.75, 3.05) is 5.32 Å². The number of nitrogens with zero attached hydrogens (tertiary/aromatic N) is 6. The Kier molecular flexibility index (Phi) is 7.82. The summed E-state index contributed by atoms with van der Waals surface area (Å²) in [6.45, 7) is 5.68. The molecule has 0 aliphatic rings. The molecule has 0 radical (unpaired) electrons. The summed E-state index contributed by atoms with van der Waals surface area (Å²) >= 11 is 0. The van der Waals surface area contributed by atoms with Crippen molar-refractivity contribution in [1.29, 1.82) is 0 Å². The molecule has 0 unspecified atom stereocenters. The lowest BCUT2D eigenvalue weighted by atomic mass is 10.1. The largest absolute Gasteiger partial charge is 0.444 e. The fourth-order valence-corrected chi connectivity index (χ4v) is 3.26. The number of halogens is 1. The van der Waals surface area contributed by atoms with Gasteiger partial charge in [0.15, 0.2) is 12.3 Å². The molecule has 1 N–H and O–H groups in total. The van der Waals surface area contributed by atoms with Crippen molar-refractivity contribution in [2.45, 2.75) is 39.5 Å². The van der Waals surface area contributed by atoms with E-state index in [4.69, 9.17) is 9.57 Å². The van der Waals surface area contributed by atoms with E-state index in [-0.39, 0.29) is 12.4 Å². The molecular formula is C26H26FN7O3. The van der Waals surface area contributed by atoms with E-state index in [0.29, 0.717) is 29.6 Å². The monoisotopic (exact) mass is 503 g/mol. The molecule has 0 saturated carbocycles. The van der Waals surface area contributed by atoms with Gasteiger partial charge >= 0.3 is 6.09 Å². The molecule has 11 heteroatoms. The third-order valence-corrected chi connectivity index (χ3v) is 4.84. The van der Waals surface area contributed by atoms with Crippen LogP contribution in [0.1, 0.15) is 43.4 Å². The Labute approximate surface area is 213 Å². The number of rotatable bonds is 8. The molecule has 0 atom stereocenters. The molecule has 2 heterocycles. The van der Waals surface area contributed by atoms with Crippen molar-refractivity contribution in [3.05, 3.63) is 101 Å². The SMILES string of the molecule is CC(C)(C)OC(=O)Nc1cccc(CO/N=C(/c2ccccc2)c2nnnn2Cc2ccc(F)cc2)n1. The highest BCUT2D eigenvalue weighted by atomic mass is 19.1. The maximum Gasteiger partial charge on any atom is 0.413 e. The second kappa shape index (κ2) is 11.4. The van der Waals surface area contributed by atoms with Gasteiger partial charge in [-0.05, 0) is 61.0 Å². The molecule has 2 aromatic carbocycles. The molecule has 2 aromatic heterocycles. The number of pyridine rings is 1. The van der Waals surface area contributed by atoms with Crippen LogP contribution in [0, 0.1) is 5.82 Å². The van der Waals surface area contributed by atoms with Crippen LogP contribution in [0.2, 0.25) is 0 Å². The third-order valence-electron chi connectivity index (χ3n) is 4.84. The van der Waals surface area contributed by atoms with Crippen molar-refractivity contribution in [2.24, 2.45) is 5.16 Å². The van der Waals surface area contributed by atoms with E-state index < -0.39 is 11.7 Å². The zero-order valence-electron chi connectivity index (χ0n) is 20.6. The van der Waals surface area contributed by atoms with Crippen LogP contribution in [-0.4, -0.2) is 42.6 Å². The predicted molar refractivity (Wildman–Crippen MR) is 134 cm³/mol. The lowest BCUT2D eigenvalue weighted by Gasteiger charge is -2.19. The number of nitrogens with one attached hydrogen (secondary N) is 1. The number of hydrogen-bond donors (Lipinski definition) is 1. The van der Waals surface area contributed by atoms with E-state index in [0.717, 1.165) is 11.1 Å². The molecule has 10 nitrogen and oxygen atoms in total. The number of oxime groups is 1. The number of hydrogen-bond acceptors (Lipinski definition) is 8. The van der Waals surface area contributed by atoms with E-state index in [1.54, 1.807) is 55.8 Å². The Morgan fingerprint density at radius 2 is 1.78 bits per heavy atom. The molecule has 37 heavy (non-hydrogen) atoms. The van der Waals surface area contributed by atoms with E-state index in [9.17, 15) is 9.18 Å². The molecule has 0 saturated heterocycles. The average molecular weight is 504 g/mol. The molecular weight excluding hydrogens is 477 g/mol. The molecule has 1 amide bonds. The first kappa shape index (κ1) is 25.4. The number of ether oxygens (including phenoxy) is 1. The highest BCUT2D eigenvalue weighted by Crippen LogP contribution is 2.14. The lowest BCUT2D eigenvalue weighted by Crippen LogP contribution is -2.27. The number of carbonyl (C=O) groups excluding carboxylic acids is 1. The Bertz CT molecular complexity index is 1370. The highest BCUT2D eigenvalue weighted by molar-refractivity contribution is 6.10. The van der Waals surface area contributed by atoms with Crippen molar-refractivity contribution < 1.29 is 18.8 Å². The smallest absolute Gasteiger partial charge is 0.413 e. The van der Waals surface area contributed by atoms with E-state index >= 15 is 0 Å². The van der Waals surface area contributed by atoms with E-state index in [1.807, 2.05) is 30.3 Å². The summed E-state index contributed by atoms with van der Waals surface area (Å²) in [7, 11) is 0. The normalized spacial score (nSPS) is 11.7. The van der Waals surface area contributed by atoms with Crippen LogP contribution in [0.4, 0.5) is 15.0 Å². The minimum absolute atomic E-state index is 0.0275. The molecule has 0 spiro atoms. The van der Waals surface area contributed by atoms with Gasteiger partial charge < -0.3 is 9.57 Å². The first-order chi connectivity index (χ1) is 17.8. The van der Waals surface area contributed by atoms with Crippen LogP contribution < -0.4 is 5.32 Å². The van der Waals surface area contributed by atoms with Crippen LogP contribution in [0.5, 0.6) is 0 Å². The fraction of sp³-hybridized carbons (Fsp3) is 0.231. The fourth-order valence-electron chi connectivity index (χ4n) is 3.26. The van der Waals surface area contributed by atoms with Gasteiger partial charge in [-0.1, -0.05) is 53.7 Å². The summed E-state index contributed by atoms with van der Waals surface area (Å²) in [6.07, 6.45) is -0.601. The van der Waals surface area contributed by atoms with Crippen molar-refractivity contribution in [3.8, 4) is 0 Å². The van der Waals surface area contributed by atoms with Gasteiger partial charge in [0, 0.05) is 5.56 Å². The van der Waals surface area contributed by atoms with Crippen molar-refractivity contribution in [1.82, 2.24) is 25.2 Å². The number of benzene rings is 2. The van der Waals surface area contributed by atoms with Gasteiger partial charge in [0.05, 0.1) is 12.2 Å². The second-order valence-corrected chi connectivity index (χ2v) is 9.01. The standard InChI is InChI=1S/C26H26FN7O3/c1-26(2,3)37-25(35)29-22-11-7-10-21(28-22)17-36-31-23(19-8-5-4-6-9-19)24-30-32-33-34(24)16-18-12-14-20(27)15-13-18/h4-15H,16-17H2,1-3H3,(H,28,29,35)/b31-23-. The zero-order valence-corrected chi connectivity index (χ0v) is 20.6. The predicted octanol–water partition coefficient (Wildman–Crippen LogP) is 4.57. The summed E-state index contributed by atoms with van der Waals surface area (Å²) in [5.41, 5.74) is 1.89. The molecule has 4 aromatic rings. The topological polar surface area (TPSA) is 116 Å². The second-order valence-electron chi connectivity index (χ2n) is 9.01. The maximum absolute atomic E-state index is 13.3. The molecule has 0 aliphatic heterocycles. The zero-order chi connectivity index (χ0) is 26.3. The quantitative estimate of drug-likeness (QED) is 0.276. The van der Waals surface area contributed by atoms with E-state index in [2.05, 4.69) is 31.0 Å². The van der Waals surface area contributed by atoms with Gasteiger partial charge in [0.25, 0.3) is 0 Å². The minimum Gasteiger partial charge on any atom is -0.444 e. The van der Waals surface area contributed by atoms with Gasteiger partial charge in [0.2, 0.25) is 5.82 Å². The van der Waals surface area contributed by atoms with Crippen molar-refractivity contribution >= 4 is 17.6 Å². The summed E-state index contributed by atoms with van der Waals surface area (Å²) in [6, 6.07) is 20.6. The Hall–Kier alpha value is -4.67. The van der Waals surface area contributed by atoms with Crippen LogP contribution >= 0.6 is 0 Å². The van der Waals surface area contributed by atoms with Gasteiger partial charge in [-0.2, -0.15) is 0 Å². The van der Waals surface area contributed by atoms with Crippen LogP contribution in [0.3, 0.4) is 0 Å². The summed E-state index contributed by atoms with van der Waals surface area (Å²) in [5, 5.41) is 19.0. The molecule has 0 bridgehead atoms. The Balaban J connectivity index is 1.52. The van der Waals surface area contributed by atoms with Gasteiger partial charge in [-0.15, -0.1) is 5.10 Å². The molecule has 4 rings (SSSR count). The summed E-state index contributed by atoms with van der Waals surface area (Å²) in [4.78, 5) is 22.1. The van der Waals surface area contributed by atoms with E-state index in [1.165, 1.54) is 12.1 Å². The average Bonchev–Trinajstić information content (AvgIpc) is 3.30. The maximum atomic E-state index is 13.3. The number of anilines is 1. The molecule has 0 aliphatic carbocycles. The summed E-state index contributed by atoms with van der Waals surface area (Å²) < 4.78 is 20.1. The van der Waals surface area contributed by atoms with Gasteiger partial charge in [-0.25, -0.2) is 18.9 Å².